The summed E-state index contributed by atoms with van der Waals surface area (Å²) < 4.78 is 5.83. The van der Waals surface area contributed by atoms with Gasteiger partial charge in [0.1, 0.15) is 5.76 Å². The third kappa shape index (κ3) is 4.55. The molecule has 134 valence electrons. The molecule has 0 aliphatic rings. The summed E-state index contributed by atoms with van der Waals surface area (Å²) in [6, 6.07) is 17.6. The Morgan fingerprint density at radius 1 is 1.12 bits per heavy atom. The third-order valence-corrected chi connectivity index (χ3v) is 4.96. The predicted octanol–water partition coefficient (Wildman–Crippen LogP) is 5.08. The maximum Gasteiger partial charge on any atom is 0.251 e. The van der Waals surface area contributed by atoms with E-state index in [4.69, 9.17) is 4.42 Å². The van der Waals surface area contributed by atoms with Crippen LogP contribution in [0.1, 0.15) is 35.2 Å². The number of rotatable bonds is 7. The lowest BCUT2D eigenvalue weighted by Crippen LogP contribution is -2.23. The molecule has 4 nitrogen and oxygen atoms in total. The van der Waals surface area contributed by atoms with Crippen LogP contribution in [0.15, 0.2) is 63.9 Å². The van der Waals surface area contributed by atoms with Crippen LogP contribution in [-0.2, 0) is 5.75 Å². The summed E-state index contributed by atoms with van der Waals surface area (Å²) >= 11 is 1.73. The summed E-state index contributed by atoms with van der Waals surface area (Å²) in [7, 11) is 0. The third-order valence-electron chi connectivity index (χ3n) is 3.94. The van der Waals surface area contributed by atoms with Crippen molar-refractivity contribution in [3.8, 4) is 11.5 Å². The summed E-state index contributed by atoms with van der Waals surface area (Å²) in [5.41, 5.74) is 2.46. The number of nitrogens with one attached hydrogen (secondary N) is 1. The van der Waals surface area contributed by atoms with Gasteiger partial charge in [-0.15, -0.1) is 11.8 Å². The normalized spacial score (nSPS) is 10.7. The molecule has 0 unspecified atom stereocenters. The van der Waals surface area contributed by atoms with Crippen molar-refractivity contribution < 1.29 is 9.21 Å². The predicted molar refractivity (Wildman–Crippen MR) is 105 cm³/mol. The summed E-state index contributed by atoms with van der Waals surface area (Å²) in [5.74, 6) is 2.12. The maximum absolute atomic E-state index is 12.0. The molecule has 0 aliphatic heterocycles. The monoisotopic (exact) mass is 366 g/mol. The summed E-state index contributed by atoms with van der Waals surface area (Å²) in [5, 5.41) is 2.87. The van der Waals surface area contributed by atoms with Crippen molar-refractivity contribution in [1.29, 1.82) is 0 Å². The second-order valence-electron chi connectivity index (χ2n) is 5.96. The quantitative estimate of drug-likeness (QED) is 0.592. The van der Waals surface area contributed by atoms with Crippen LogP contribution in [0, 0.1) is 6.92 Å². The molecular formula is C21H22N2O2S. The summed E-state index contributed by atoms with van der Waals surface area (Å²) in [4.78, 5) is 17.8. The zero-order valence-corrected chi connectivity index (χ0v) is 15.8. The summed E-state index contributed by atoms with van der Waals surface area (Å²) in [6.45, 7) is 4.65. The molecule has 3 rings (SSSR count). The Kier molecular flexibility index (Phi) is 6.12. The molecule has 0 saturated carbocycles. The lowest BCUT2D eigenvalue weighted by molar-refractivity contribution is 0.0953. The largest absolute Gasteiger partial charge is 0.441 e. The number of amides is 1. The number of hydrogen-bond acceptors (Lipinski definition) is 4. The van der Waals surface area contributed by atoms with Crippen LogP contribution in [0.2, 0.25) is 0 Å². The number of thioether (sulfide) groups is 1. The van der Waals surface area contributed by atoms with E-state index in [0.717, 1.165) is 29.2 Å². The number of nitrogens with zero attached hydrogens (tertiary/aromatic N) is 1. The van der Waals surface area contributed by atoms with Crippen molar-refractivity contribution in [2.75, 3.05) is 6.54 Å². The molecule has 5 heteroatoms. The first-order valence-corrected chi connectivity index (χ1v) is 9.68. The van der Waals surface area contributed by atoms with E-state index in [1.165, 1.54) is 4.90 Å². The summed E-state index contributed by atoms with van der Waals surface area (Å²) in [6.07, 6.45) is 0.920. The molecule has 0 atom stereocenters. The van der Waals surface area contributed by atoms with Crippen LogP contribution in [-0.4, -0.2) is 17.4 Å². The Labute approximate surface area is 158 Å². The molecule has 0 saturated heterocycles. The van der Waals surface area contributed by atoms with Crippen molar-refractivity contribution >= 4 is 17.7 Å². The topological polar surface area (TPSA) is 55.1 Å². The Morgan fingerprint density at radius 2 is 1.85 bits per heavy atom. The van der Waals surface area contributed by atoms with E-state index in [1.54, 1.807) is 23.9 Å². The highest BCUT2D eigenvalue weighted by atomic mass is 32.2. The average Bonchev–Trinajstić information content (AvgIpc) is 3.06. The van der Waals surface area contributed by atoms with Crippen molar-refractivity contribution in [2.45, 2.75) is 30.9 Å². The highest BCUT2D eigenvalue weighted by Gasteiger charge is 2.13. The zero-order chi connectivity index (χ0) is 18.4. The van der Waals surface area contributed by atoms with Crippen LogP contribution in [0.5, 0.6) is 0 Å². The van der Waals surface area contributed by atoms with Crippen LogP contribution in [0.3, 0.4) is 0 Å². The second kappa shape index (κ2) is 8.72. The van der Waals surface area contributed by atoms with E-state index >= 15 is 0 Å². The Bertz CT molecular complexity index is 857. The van der Waals surface area contributed by atoms with Gasteiger partial charge in [0.2, 0.25) is 5.89 Å². The van der Waals surface area contributed by atoms with Crippen molar-refractivity contribution in [2.24, 2.45) is 0 Å². The van der Waals surface area contributed by atoms with E-state index < -0.39 is 0 Å². The fourth-order valence-corrected chi connectivity index (χ4v) is 3.38. The second-order valence-corrected chi connectivity index (χ2v) is 7.01. The fourth-order valence-electron chi connectivity index (χ4n) is 2.46. The zero-order valence-electron chi connectivity index (χ0n) is 15.0. The molecule has 1 aromatic heterocycles. The highest BCUT2D eigenvalue weighted by molar-refractivity contribution is 7.98. The smallest absolute Gasteiger partial charge is 0.251 e. The van der Waals surface area contributed by atoms with Crippen LogP contribution < -0.4 is 5.32 Å². The van der Waals surface area contributed by atoms with Gasteiger partial charge in [-0.2, -0.15) is 0 Å². The Morgan fingerprint density at radius 3 is 2.54 bits per heavy atom. The molecule has 0 aliphatic carbocycles. The lowest BCUT2D eigenvalue weighted by Gasteiger charge is -2.03. The number of oxazole rings is 1. The SMILES string of the molecule is CCCNC(=O)c1ccc(-c2nc(CSc3ccccc3)c(C)o2)cc1. The first kappa shape index (κ1) is 18.3. The van der Waals surface area contributed by atoms with E-state index in [-0.39, 0.29) is 5.91 Å². The van der Waals surface area contributed by atoms with Gasteiger partial charge in [-0.25, -0.2) is 4.98 Å². The van der Waals surface area contributed by atoms with Crippen molar-refractivity contribution in [3.63, 3.8) is 0 Å². The molecule has 0 bridgehead atoms. The minimum absolute atomic E-state index is 0.0538. The van der Waals surface area contributed by atoms with Crippen molar-refractivity contribution in [3.05, 3.63) is 71.6 Å². The maximum atomic E-state index is 12.0. The number of aryl methyl sites for hydroxylation is 1. The van der Waals surface area contributed by atoms with E-state index in [0.29, 0.717) is 18.0 Å². The van der Waals surface area contributed by atoms with E-state index in [2.05, 4.69) is 22.4 Å². The number of aromatic nitrogens is 1. The molecule has 1 heterocycles. The van der Waals surface area contributed by atoms with E-state index in [1.807, 2.05) is 44.2 Å². The van der Waals surface area contributed by atoms with Gasteiger partial charge in [-0.1, -0.05) is 25.1 Å². The molecule has 1 amide bonds. The molecule has 1 N–H and O–H groups in total. The lowest BCUT2D eigenvalue weighted by atomic mass is 10.1. The molecule has 26 heavy (non-hydrogen) atoms. The molecule has 0 fully saturated rings. The average molecular weight is 366 g/mol. The molecule has 3 aromatic rings. The molecule has 0 radical (unpaired) electrons. The van der Waals surface area contributed by atoms with Gasteiger partial charge >= 0.3 is 0 Å². The minimum Gasteiger partial charge on any atom is -0.441 e. The van der Waals surface area contributed by atoms with E-state index in [9.17, 15) is 4.79 Å². The van der Waals surface area contributed by atoms with Crippen LogP contribution in [0.25, 0.3) is 11.5 Å². The molecule has 0 spiro atoms. The number of hydrogen-bond donors (Lipinski definition) is 1. The highest BCUT2D eigenvalue weighted by Crippen LogP contribution is 2.27. The van der Waals surface area contributed by atoms with Gasteiger partial charge in [0.25, 0.3) is 5.91 Å². The molecule has 2 aromatic carbocycles. The van der Waals surface area contributed by atoms with Gasteiger partial charge in [0.15, 0.2) is 0 Å². The minimum atomic E-state index is -0.0538. The first-order chi connectivity index (χ1) is 12.7. The Hall–Kier alpha value is -2.53. The van der Waals surface area contributed by atoms with Crippen molar-refractivity contribution in [1.82, 2.24) is 10.3 Å². The Balaban J connectivity index is 1.69. The first-order valence-electron chi connectivity index (χ1n) is 8.70. The standard InChI is InChI=1S/C21H22N2O2S/c1-3-13-22-20(24)16-9-11-17(12-10-16)21-23-19(15(2)25-21)14-26-18-7-5-4-6-8-18/h4-12H,3,13-14H2,1-2H3,(H,22,24). The fraction of sp³-hybridized carbons (Fsp3) is 0.238. The molecular weight excluding hydrogens is 344 g/mol. The van der Waals surface area contributed by atoms with Gasteiger partial charge in [-0.05, 0) is 49.7 Å². The van der Waals surface area contributed by atoms with Crippen LogP contribution >= 0.6 is 11.8 Å². The van der Waals surface area contributed by atoms with Gasteiger partial charge in [0, 0.05) is 28.3 Å². The number of carbonyl (C=O) groups excluding carboxylic acids is 1. The number of carbonyl (C=O) groups is 1. The van der Waals surface area contributed by atoms with Crippen LogP contribution in [0.4, 0.5) is 0 Å². The number of benzene rings is 2. The van der Waals surface area contributed by atoms with Gasteiger partial charge < -0.3 is 9.73 Å². The van der Waals surface area contributed by atoms with Gasteiger partial charge in [0.05, 0.1) is 5.69 Å². The van der Waals surface area contributed by atoms with Gasteiger partial charge in [-0.3, -0.25) is 4.79 Å².